The van der Waals surface area contributed by atoms with Crippen molar-refractivity contribution in [1.29, 1.82) is 0 Å². The highest BCUT2D eigenvalue weighted by molar-refractivity contribution is 5.79. The summed E-state index contributed by atoms with van der Waals surface area (Å²) in [4.78, 5) is 23.6. The highest BCUT2D eigenvalue weighted by atomic mass is 16.5. The van der Waals surface area contributed by atoms with E-state index in [9.17, 15) is 14.7 Å². The van der Waals surface area contributed by atoms with Gasteiger partial charge in [-0.15, -0.1) is 5.10 Å². The quantitative estimate of drug-likeness (QED) is 0.704. The van der Waals surface area contributed by atoms with Crippen molar-refractivity contribution in [2.75, 3.05) is 0 Å². The average molecular weight is 427 g/mol. The lowest BCUT2D eigenvalue weighted by atomic mass is 9.87. The Morgan fingerprint density at radius 1 is 1.10 bits per heavy atom. The molecule has 0 saturated heterocycles. The van der Waals surface area contributed by atoms with Crippen LogP contribution in [-0.2, 0) is 23.2 Å². The number of nitrogens with zero attached hydrogens (tertiary/aromatic N) is 3. The third kappa shape index (κ3) is 5.06. The van der Waals surface area contributed by atoms with Crippen LogP contribution in [0.5, 0.6) is 5.75 Å². The highest BCUT2D eigenvalue weighted by Gasteiger charge is 2.28. The predicted octanol–water partition coefficient (Wildman–Crippen LogP) is 3.31. The molecule has 1 amide bonds. The lowest BCUT2D eigenvalue weighted by Crippen LogP contribution is -2.29. The van der Waals surface area contributed by atoms with E-state index in [1.165, 1.54) is 0 Å². The molecule has 2 N–H and O–H groups in total. The van der Waals surface area contributed by atoms with Gasteiger partial charge in [0.15, 0.2) is 0 Å². The number of aryl methyl sites for hydroxylation is 1. The molecule has 2 atom stereocenters. The largest absolute Gasteiger partial charge is 0.490 e. The number of carboxylic acids is 1. The summed E-state index contributed by atoms with van der Waals surface area (Å²) in [5.41, 5.74) is 2.50. The van der Waals surface area contributed by atoms with Crippen molar-refractivity contribution in [3.8, 4) is 17.0 Å². The summed E-state index contributed by atoms with van der Waals surface area (Å²) in [6.07, 6.45) is 7.14. The van der Waals surface area contributed by atoms with Crippen LogP contribution in [0, 0.1) is 11.8 Å². The maximum atomic E-state index is 12.4. The fraction of sp³-hybridized carbons (Fsp3) is 0.565. The van der Waals surface area contributed by atoms with Gasteiger partial charge in [-0.25, -0.2) is 4.68 Å². The predicted molar refractivity (Wildman–Crippen MR) is 114 cm³/mol. The van der Waals surface area contributed by atoms with Crippen LogP contribution in [0.3, 0.4) is 0 Å². The van der Waals surface area contributed by atoms with E-state index in [0.29, 0.717) is 13.0 Å². The molecule has 2 aliphatic rings. The number of carbonyl (C=O) groups is 2. The van der Waals surface area contributed by atoms with Crippen molar-refractivity contribution in [3.63, 3.8) is 0 Å². The van der Waals surface area contributed by atoms with Gasteiger partial charge in [-0.05, 0) is 62.8 Å². The number of amides is 1. The number of carboxylic acid groups (broad SMARTS) is 1. The molecule has 1 aromatic heterocycles. The van der Waals surface area contributed by atoms with Crippen LogP contribution in [-0.4, -0.2) is 38.1 Å². The summed E-state index contributed by atoms with van der Waals surface area (Å²) in [6, 6.07) is 7.63. The summed E-state index contributed by atoms with van der Waals surface area (Å²) >= 11 is 0. The second kappa shape index (κ2) is 9.49. The molecule has 2 saturated carbocycles. The topological polar surface area (TPSA) is 106 Å². The molecule has 0 radical (unpaired) electrons. The Labute approximate surface area is 182 Å². The third-order valence-electron chi connectivity index (χ3n) is 6.50. The number of aliphatic carboxylic acids is 1. The minimum absolute atomic E-state index is 0.0708. The van der Waals surface area contributed by atoms with Gasteiger partial charge in [0.2, 0.25) is 5.91 Å². The van der Waals surface area contributed by atoms with Crippen molar-refractivity contribution in [2.45, 2.75) is 64.0 Å². The lowest BCUT2D eigenvalue weighted by molar-refractivity contribution is -0.143. The molecule has 2 fully saturated rings. The molecule has 4 rings (SSSR count). The lowest BCUT2D eigenvalue weighted by Gasteiger charge is -2.27. The van der Waals surface area contributed by atoms with Crippen LogP contribution >= 0.6 is 0 Å². The molecular weight excluding hydrogens is 396 g/mol. The van der Waals surface area contributed by atoms with E-state index in [0.717, 1.165) is 67.6 Å². The summed E-state index contributed by atoms with van der Waals surface area (Å²) in [7, 11) is 1.83. The minimum Gasteiger partial charge on any atom is -0.490 e. The molecule has 8 nitrogen and oxygen atoms in total. The smallest absolute Gasteiger partial charge is 0.306 e. The van der Waals surface area contributed by atoms with Gasteiger partial charge in [0.1, 0.15) is 11.4 Å². The van der Waals surface area contributed by atoms with Crippen LogP contribution in [0.1, 0.15) is 57.1 Å². The number of benzene rings is 1. The number of ether oxygens (including phenoxy) is 1. The Hall–Kier alpha value is -2.90. The molecule has 2 aliphatic carbocycles. The maximum absolute atomic E-state index is 12.4. The van der Waals surface area contributed by atoms with Gasteiger partial charge in [-0.1, -0.05) is 18.1 Å². The molecule has 0 spiro atoms. The maximum Gasteiger partial charge on any atom is 0.306 e. The van der Waals surface area contributed by atoms with Crippen LogP contribution in [0.15, 0.2) is 24.3 Å². The van der Waals surface area contributed by atoms with Gasteiger partial charge < -0.3 is 15.2 Å². The Morgan fingerprint density at radius 3 is 2.52 bits per heavy atom. The van der Waals surface area contributed by atoms with Gasteiger partial charge >= 0.3 is 5.97 Å². The van der Waals surface area contributed by atoms with E-state index >= 15 is 0 Å². The molecule has 1 unspecified atom stereocenters. The van der Waals surface area contributed by atoms with Crippen LogP contribution in [0.25, 0.3) is 11.3 Å². The van der Waals surface area contributed by atoms with Crippen molar-refractivity contribution in [1.82, 2.24) is 20.3 Å². The first-order valence-electron chi connectivity index (χ1n) is 11.2. The molecule has 31 heavy (non-hydrogen) atoms. The summed E-state index contributed by atoms with van der Waals surface area (Å²) in [5, 5.41) is 20.7. The molecule has 1 aromatic carbocycles. The molecule has 2 aromatic rings. The highest BCUT2D eigenvalue weighted by Crippen LogP contribution is 2.30. The van der Waals surface area contributed by atoms with Crippen LogP contribution in [0.4, 0.5) is 0 Å². The fourth-order valence-electron chi connectivity index (χ4n) is 4.66. The zero-order valence-electron chi connectivity index (χ0n) is 17.9. The average Bonchev–Trinajstić information content (AvgIpc) is 3.43. The summed E-state index contributed by atoms with van der Waals surface area (Å²) in [5.74, 6) is -0.0969. The number of aromatic nitrogens is 3. The van der Waals surface area contributed by atoms with E-state index in [2.05, 4.69) is 15.6 Å². The van der Waals surface area contributed by atoms with Gasteiger partial charge in [0.25, 0.3) is 0 Å². The van der Waals surface area contributed by atoms with Gasteiger partial charge in [-0.2, -0.15) is 0 Å². The number of hydrogen-bond acceptors (Lipinski definition) is 5. The third-order valence-corrected chi connectivity index (χ3v) is 6.50. The normalized spacial score (nSPS) is 21.7. The molecular formula is C23H30N4O4. The SMILES string of the molecule is Cn1nnc(-c2ccc(OC3CCC[C@H](C(=O)O)C3)cc2)c1CNC(=O)C1CCCC1. The first kappa shape index (κ1) is 21.3. The van der Waals surface area contributed by atoms with Gasteiger partial charge in [-0.3, -0.25) is 9.59 Å². The molecule has 0 bridgehead atoms. The monoisotopic (exact) mass is 426 g/mol. The van der Waals surface area contributed by atoms with Crippen LogP contribution < -0.4 is 10.1 Å². The van der Waals surface area contributed by atoms with E-state index in [-0.39, 0.29) is 23.8 Å². The van der Waals surface area contributed by atoms with Crippen molar-refractivity contribution >= 4 is 11.9 Å². The van der Waals surface area contributed by atoms with E-state index in [1.807, 2.05) is 31.3 Å². The zero-order valence-corrected chi connectivity index (χ0v) is 17.9. The fourth-order valence-corrected chi connectivity index (χ4v) is 4.66. The number of hydrogen-bond donors (Lipinski definition) is 2. The number of rotatable bonds is 7. The van der Waals surface area contributed by atoms with Crippen molar-refractivity contribution < 1.29 is 19.4 Å². The molecule has 166 valence electrons. The van der Waals surface area contributed by atoms with Crippen molar-refractivity contribution in [2.24, 2.45) is 18.9 Å². The van der Waals surface area contributed by atoms with E-state index < -0.39 is 5.97 Å². The molecule has 8 heteroatoms. The molecule has 1 heterocycles. The standard InChI is InChI=1S/C23H30N4O4/c1-27-20(14-24-22(28)16-5-2-3-6-16)21(25-26-27)15-9-11-18(12-10-15)31-19-8-4-7-17(13-19)23(29)30/h9-12,16-17,19H,2-8,13-14H2,1H3,(H,24,28)(H,29,30)/t17-,19?/m0/s1. The summed E-state index contributed by atoms with van der Waals surface area (Å²) < 4.78 is 7.73. The van der Waals surface area contributed by atoms with Gasteiger partial charge in [0, 0.05) is 18.5 Å². The number of nitrogens with one attached hydrogen (secondary N) is 1. The van der Waals surface area contributed by atoms with E-state index in [4.69, 9.17) is 4.74 Å². The van der Waals surface area contributed by atoms with Gasteiger partial charge in [0.05, 0.1) is 24.3 Å². The number of carbonyl (C=O) groups excluding carboxylic acids is 1. The van der Waals surface area contributed by atoms with E-state index in [1.54, 1.807) is 4.68 Å². The Kier molecular flexibility index (Phi) is 6.53. The Balaban J connectivity index is 1.40. The first-order chi connectivity index (χ1) is 15.0. The first-order valence-corrected chi connectivity index (χ1v) is 11.2. The second-order valence-corrected chi connectivity index (χ2v) is 8.67. The Bertz CT molecular complexity index is 918. The summed E-state index contributed by atoms with van der Waals surface area (Å²) in [6.45, 7) is 0.394. The second-order valence-electron chi connectivity index (χ2n) is 8.67. The Morgan fingerprint density at radius 2 is 1.81 bits per heavy atom. The molecule has 0 aliphatic heterocycles. The zero-order chi connectivity index (χ0) is 21.8. The van der Waals surface area contributed by atoms with Crippen LogP contribution in [0.2, 0.25) is 0 Å². The van der Waals surface area contributed by atoms with Crippen molar-refractivity contribution in [3.05, 3.63) is 30.0 Å². The minimum atomic E-state index is -0.737.